The first kappa shape index (κ1) is 17.9. The van der Waals surface area contributed by atoms with Crippen molar-refractivity contribution in [2.75, 3.05) is 11.9 Å². The minimum Gasteiger partial charge on any atom is -0.484 e. The van der Waals surface area contributed by atoms with Crippen molar-refractivity contribution in [2.24, 2.45) is 0 Å². The normalized spacial score (nSPS) is 15.3. The number of carbonyl (C=O) groups excluding carboxylic acids is 1. The molecule has 1 aromatic heterocycles. The highest BCUT2D eigenvalue weighted by atomic mass is 32.1. The molecule has 1 aromatic carbocycles. The van der Waals surface area contributed by atoms with Crippen LogP contribution < -0.4 is 10.1 Å². The van der Waals surface area contributed by atoms with Crippen LogP contribution in [0.15, 0.2) is 24.3 Å². The predicted molar refractivity (Wildman–Crippen MR) is 100 cm³/mol. The molecule has 1 aliphatic rings. The van der Waals surface area contributed by atoms with E-state index in [9.17, 15) is 4.79 Å². The number of nitrogens with one attached hydrogen (secondary N) is 1. The molecule has 1 fully saturated rings. The molecular weight excluding hydrogens is 334 g/mol. The maximum absolute atomic E-state index is 12.0. The first-order chi connectivity index (χ1) is 12.1. The molecule has 1 amide bonds. The molecule has 1 saturated carbocycles. The van der Waals surface area contributed by atoms with Crippen LogP contribution in [0.4, 0.5) is 5.13 Å². The Hall–Kier alpha value is -1.95. The van der Waals surface area contributed by atoms with Gasteiger partial charge in [-0.1, -0.05) is 56.6 Å². The molecule has 0 radical (unpaired) electrons. The van der Waals surface area contributed by atoms with Crippen LogP contribution in [0.5, 0.6) is 5.75 Å². The summed E-state index contributed by atoms with van der Waals surface area (Å²) < 4.78 is 5.54. The first-order valence-electron chi connectivity index (χ1n) is 8.98. The molecule has 134 valence electrons. The van der Waals surface area contributed by atoms with Crippen molar-refractivity contribution in [3.63, 3.8) is 0 Å². The standard InChI is InChI=1S/C19H25N3O2S/c1-13(2)14-8-10-16(11-9-14)24-12-17(23)20-19-22-21-18(25-19)15-6-4-3-5-7-15/h8-11,13,15H,3-7,12H2,1-2H3,(H,20,22,23). The maximum atomic E-state index is 12.0. The van der Waals surface area contributed by atoms with E-state index in [2.05, 4.69) is 29.4 Å². The summed E-state index contributed by atoms with van der Waals surface area (Å²) in [4.78, 5) is 12.0. The Labute approximate surface area is 152 Å². The van der Waals surface area contributed by atoms with E-state index in [1.807, 2.05) is 24.3 Å². The predicted octanol–water partition coefficient (Wildman–Crippen LogP) is 4.73. The van der Waals surface area contributed by atoms with Gasteiger partial charge in [0, 0.05) is 5.92 Å². The largest absolute Gasteiger partial charge is 0.484 e. The molecule has 6 heteroatoms. The monoisotopic (exact) mass is 359 g/mol. The van der Waals surface area contributed by atoms with Crippen LogP contribution in [-0.2, 0) is 4.79 Å². The van der Waals surface area contributed by atoms with Gasteiger partial charge >= 0.3 is 0 Å². The second-order valence-corrected chi connectivity index (χ2v) is 7.85. The second-order valence-electron chi connectivity index (χ2n) is 6.84. The summed E-state index contributed by atoms with van der Waals surface area (Å²) in [7, 11) is 0. The molecule has 0 aliphatic heterocycles. The Morgan fingerprint density at radius 3 is 2.60 bits per heavy atom. The Morgan fingerprint density at radius 1 is 1.20 bits per heavy atom. The van der Waals surface area contributed by atoms with E-state index in [1.165, 1.54) is 49.0 Å². The molecule has 0 atom stereocenters. The molecule has 1 heterocycles. The fourth-order valence-corrected chi connectivity index (χ4v) is 3.98. The lowest BCUT2D eigenvalue weighted by molar-refractivity contribution is -0.118. The van der Waals surface area contributed by atoms with Gasteiger partial charge in [0.2, 0.25) is 5.13 Å². The number of hydrogen-bond donors (Lipinski definition) is 1. The lowest BCUT2D eigenvalue weighted by Crippen LogP contribution is -2.20. The number of anilines is 1. The fraction of sp³-hybridized carbons (Fsp3) is 0.526. The number of aromatic nitrogens is 2. The van der Waals surface area contributed by atoms with E-state index in [0.717, 1.165) is 5.01 Å². The second kappa shape index (κ2) is 8.43. The smallest absolute Gasteiger partial charge is 0.264 e. The minimum absolute atomic E-state index is 0.0284. The van der Waals surface area contributed by atoms with Gasteiger partial charge in [-0.2, -0.15) is 0 Å². The van der Waals surface area contributed by atoms with Crippen LogP contribution in [-0.4, -0.2) is 22.7 Å². The zero-order valence-corrected chi connectivity index (χ0v) is 15.6. The molecule has 1 aliphatic carbocycles. The molecule has 1 N–H and O–H groups in total. The van der Waals surface area contributed by atoms with Gasteiger partial charge < -0.3 is 4.74 Å². The van der Waals surface area contributed by atoms with Crippen LogP contribution in [0, 0.1) is 0 Å². The summed E-state index contributed by atoms with van der Waals surface area (Å²) in [6.45, 7) is 4.26. The van der Waals surface area contributed by atoms with E-state index in [0.29, 0.717) is 22.7 Å². The van der Waals surface area contributed by atoms with E-state index in [4.69, 9.17) is 4.74 Å². The van der Waals surface area contributed by atoms with Crippen LogP contribution in [0.25, 0.3) is 0 Å². The van der Waals surface area contributed by atoms with Crippen molar-refractivity contribution >= 4 is 22.4 Å². The Balaban J connectivity index is 1.48. The number of rotatable bonds is 6. The molecule has 25 heavy (non-hydrogen) atoms. The summed E-state index contributed by atoms with van der Waals surface area (Å²) in [6.07, 6.45) is 6.19. The van der Waals surface area contributed by atoms with Crippen LogP contribution in [0.1, 0.15) is 68.4 Å². The van der Waals surface area contributed by atoms with Crippen LogP contribution in [0.2, 0.25) is 0 Å². The van der Waals surface area contributed by atoms with Crippen molar-refractivity contribution < 1.29 is 9.53 Å². The number of nitrogens with zero attached hydrogens (tertiary/aromatic N) is 2. The van der Waals surface area contributed by atoms with Gasteiger partial charge in [-0.3, -0.25) is 10.1 Å². The van der Waals surface area contributed by atoms with Gasteiger partial charge in [0.25, 0.3) is 5.91 Å². The Bertz CT molecular complexity index is 691. The molecule has 0 saturated heterocycles. The van der Waals surface area contributed by atoms with Gasteiger partial charge in [0.1, 0.15) is 10.8 Å². The third kappa shape index (κ3) is 5.01. The lowest BCUT2D eigenvalue weighted by atomic mass is 9.90. The van der Waals surface area contributed by atoms with Gasteiger partial charge in [0.05, 0.1) is 0 Å². The third-order valence-corrected chi connectivity index (χ3v) is 5.56. The molecular formula is C19H25N3O2S. The maximum Gasteiger partial charge on any atom is 0.264 e. The lowest BCUT2D eigenvalue weighted by Gasteiger charge is -2.18. The average Bonchev–Trinajstić information content (AvgIpc) is 3.09. The highest BCUT2D eigenvalue weighted by Gasteiger charge is 2.20. The SMILES string of the molecule is CC(C)c1ccc(OCC(=O)Nc2nnc(C3CCCCC3)s2)cc1. The summed E-state index contributed by atoms with van der Waals surface area (Å²) in [6, 6.07) is 7.85. The minimum atomic E-state index is -0.209. The number of benzene rings is 1. The zero-order chi connectivity index (χ0) is 17.6. The van der Waals surface area contributed by atoms with Crippen molar-refractivity contribution in [3.8, 4) is 5.75 Å². The number of amides is 1. The number of ether oxygens (including phenoxy) is 1. The summed E-state index contributed by atoms with van der Waals surface area (Å²) >= 11 is 1.48. The summed E-state index contributed by atoms with van der Waals surface area (Å²) in [5, 5.41) is 12.7. The zero-order valence-electron chi connectivity index (χ0n) is 14.8. The van der Waals surface area contributed by atoms with Gasteiger partial charge in [0.15, 0.2) is 6.61 Å². The highest BCUT2D eigenvalue weighted by molar-refractivity contribution is 7.15. The molecule has 0 bridgehead atoms. The summed E-state index contributed by atoms with van der Waals surface area (Å²) in [5.41, 5.74) is 1.25. The van der Waals surface area contributed by atoms with Gasteiger partial charge in [-0.15, -0.1) is 10.2 Å². The Morgan fingerprint density at radius 2 is 1.92 bits per heavy atom. The quantitative estimate of drug-likeness (QED) is 0.810. The summed E-state index contributed by atoms with van der Waals surface area (Å²) in [5.74, 6) is 1.47. The van der Waals surface area contributed by atoms with Gasteiger partial charge in [-0.05, 0) is 36.5 Å². The van der Waals surface area contributed by atoms with E-state index in [1.54, 1.807) is 0 Å². The average molecular weight is 359 g/mol. The molecule has 2 aromatic rings. The molecule has 3 rings (SSSR count). The van der Waals surface area contributed by atoms with Crippen molar-refractivity contribution in [3.05, 3.63) is 34.8 Å². The van der Waals surface area contributed by atoms with Crippen molar-refractivity contribution in [1.82, 2.24) is 10.2 Å². The van der Waals surface area contributed by atoms with Crippen LogP contribution >= 0.6 is 11.3 Å². The van der Waals surface area contributed by atoms with Gasteiger partial charge in [-0.25, -0.2) is 0 Å². The van der Waals surface area contributed by atoms with E-state index < -0.39 is 0 Å². The van der Waals surface area contributed by atoms with Crippen molar-refractivity contribution in [2.45, 2.75) is 57.8 Å². The molecule has 5 nitrogen and oxygen atoms in total. The highest BCUT2D eigenvalue weighted by Crippen LogP contribution is 2.35. The van der Waals surface area contributed by atoms with Crippen LogP contribution in [0.3, 0.4) is 0 Å². The number of hydrogen-bond acceptors (Lipinski definition) is 5. The number of carbonyl (C=O) groups is 1. The molecule has 0 spiro atoms. The van der Waals surface area contributed by atoms with E-state index in [-0.39, 0.29) is 12.5 Å². The molecule has 0 unspecified atom stereocenters. The Kier molecular flexibility index (Phi) is 6.02. The van der Waals surface area contributed by atoms with E-state index >= 15 is 0 Å². The third-order valence-electron chi connectivity index (χ3n) is 4.56. The van der Waals surface area contributed by atoms with Crippen molar-refractivity contribution in [1.29, 1.82) is 0 Å². The first-order valence-corrected chi connectivity index (χ1v) is 9.79. The fourth-order valence-electron chi connectivity index (χ4n) is 3.05. The topological polar surface area (TPSA) is 64.1 Å².